The van der Waals surface area contributed by atoms with Crippen LogP contribution >= 0.6 is 0 Å². The van der Waals surface area contributed by atoms with Gasteiger partial charge in [0.1, 0.15) is 0 Å². The van der Waals surface area contributed by atoms with Crippen molar-refractivity contribution in [3.63, 3.8) is 0 Å². The molecule has 0 aliphatic carbocycles. The second kappa shape index (κ2) is 9.60. The number of piperidine rings is 1. The summed E-state index contributed by atoms with van der Waals surface area (Å²) < 4.78 is 10.7. The highest BCUT2D eigenvalue weighted by Crippen LogP contribution is 2.29. The Morgan fingerprint density at radius 3 is 2.43 bits per heavy atom. The van der Waals surface area contributed by atoms with Crippen molar-refractivity contribution in [3.05, 3.63) is 59.2 Å². The van der Waals surface area contributed by atoms with Gasteiger partial charge >= 0.3 is 0 Å². The van der Waals surface area contributed by atoms with E-state index in [2.05, 4.69) is 11.0 Å². The van der Waals surface area contributed by atoms with E-state index in [1.54, 1.807) is 14.2 Å². The Balaban J connectivity index is 1.68. The van der Waals surface area contributed by atoms with Crippen LogP contribution < -0.4 is 15.2 Å². The lowest BCUT2D eigenvalue weighted by Gasteiger charge is -2.36. The van der Waals surface area contributed by atoms with Crippen LogP contribution in [0, 0.1) is 0 Å². The van der Waals surface area contributed by atoms with Gasteiger partial charge in [0.25, 0.3) is 5.91 Å². The van der Waals surface area contributed by atoms with Crippen LogP contribution in [0.5, 0.6) is 11.5 Å². The van der Waals surface area contributed by atoms with Crippen molar-refractivity contribution in [1.82, 2.24) is 4.90 Å². The molecule has 1 amide bonds. The summed E-state index contributed by atoms with van der Waals surface area (Å²) in [6.45, 7) is 1.32. The van der Waals surface area contributed by atoms with E-state index < -0.39 is 0 Å². The molecule has 1 saturated heterocycles. The van der Waals surface area contributed by atoms with E-state index in [9.17, 15) is 4.79 Å². The number of methoxy groups -OCH3 is 2. The summed E-state index contributed by atoms with van der Waals surface area (Å²) in [7, 11) is 3.29. The number of nitrogens with zero attached hydrogens (tertiary/aromatic N) is 1. The van der Waals surface area contributed by atoms with E-state index in [0.717, 1.165) is 54.9 Å². The molecule has 1 fully saturated rings. The van der Waals surface area contributed by atoms with E-state index >= 15 is 0 Å². The van der Waals surface area contributed by atoms with Gasteiger partial charge < -0.3 is 20.1 Å². The Morgan fingerprint density at radius 2 is 1.75 bits per heavy atom. The second-order valence-corrected chi connectivity index (χ2v) is 7.28. The summed E-state index contributed by atoms with van der Waals surface area (Å²) in [4.78, 5) is 15.1. The van der Waals surface area contributed by atoms with E-state index in [-0.39, 0.29) is 11.9 Å². The number of hydrogen-bond acceptors (Lipinski definition) is 4. The molecule has 5 nitrogen and oxygen atoms in total. The molecule has 1 aliphatic rings. The predicted molar refractivity (Wildman–Crippen MR) is 111 cm³/mol. The highest BCUT2D eigenvalue weighted by molar-refractivity contribution is 5.94. The zero-order chi connectivity index (χ0) is 19.9. The zero-order valence-electron chi connectivity index (χ0n) is 16.8. The Kier molecular flexibility index (Phi) is 6.93. The van der Waals surface area contributed by atoms with E-state index in [0.29, 0.717) is 6.54 Å². The minimum Gasteiger partial charge on any atom is -0.493 e. The van der Waals surface area contributed by atoms with Gasteiger partial charge in [-0.3, -0.25) is 4.79 Å². The molecule has 1 atom stereocenters. The van der Waals surface area contributed by atoms with Crippen LogP contribution in [0.1, 0.15) is 47.2 Å². The molecule has 0 bridgehead atoms. The molecule has 0 saturated carbocycles. The first-order chi connectivity index (χ1) is 13.7. The van der Waals surface area contributed by atoms with E-state index in [1.165, 1.54) is 12.0 Å². The van der Waals surface area contributed by atoms with Crippen LogP contribution in [0.4, 0.5) is 0 Å². The SMILES string of the molecule is COc1ccc(CCC2CCCCN2C(=O)c2ccc(CN)cc2)cc1OC. The molecule has 2 N–H and O–H groups in total. The molecular formula is C23H30N2O3. The highest BCUT2D eigenvalue weighted by Gasteiger charge is 2.27. The fourth-order valence-corrected chi connectivity index (χ4v) is 3.89. The van der Waals surface area contributed by atoms with Gasteiger partial charge in [-0.2, -0.15) is 0 Å². The Hall–Kier alpha value is -2.53. The number of rotatable bonds is 7. The maximum absolute atomic E-state index is 13.1. The van der Waals surface area contributed by atoms with E-state index in [1.807, 2.05) is 36.4 Å². The average molecular weight is 383 g/mol. The largest absolute Gasteiger partial charge is 0.493 e. The normalized spacial score (nSPS) is 16.7. The first kappa shape index (κ1) is 20.2. The number of carbonyl (C=O) groups excluding carboxylic acids is 1. The van der Waals surface area contributed by atoms with Crippen molar-refractivity contribution in [3.8, 4) is 11.5 Å². The maximum atomic E-state index is 13.1. The van der Waals surface area contributed by atoms with Gasteiger partial charge in [-0.05, 0) is 67.5 Å². The second-order valence-electron chi connectivity index (χ2n) is 7.28. The van der Waals surface area contributed by atoms with Crippen LogP contribution in [0.2, 0.25) is 0 Å². The molecule has 2 aromatic carbocycles. The van der Waals surface area contributed by atoms with Crippen molar-refractivity contribution >= 4 is 5.91 Å². The first-order valence-corrected chi connectivity index (χ1v) is 9.97. The summed E-state index contributed by atoms with van der Waals surface area (Å²) in [5.74, 6) is 1.61. The Labute approximate surface area is 167 Å². The van der Waals surface area contributed by atoms with Gasteiger partial charge in [-0.15, -0.1) is 0 Å². The number of nitrogens with two attached hydrogens (primary N) is 1. The van der Waals surface area contributed by atoms with Gasteiger partial charge in [-0.1, -0.05) is 18.2 Å². The van der Waals surface area contributed by atoms with Gasteiger partial charge in [0.2, 0.25) is 0 Å². The quantitative estimate of drug-likeness (QED) is 0.791. The van der Waals surface area contributed by atoms with Crippen LogP contribution in [0.25, 0.3) is 0 Å². The van der Waals surface area contributed by atoms with Crippen molar-refractivity contribution in [2.75, 3.05) is 20.8 Å². The molecule has 0 spiro atoms. The molecule has 1 unspecified atom stereocenters. The molecule has 1 aliphatic heterocycles. The van der Waals surface area contributed by atoms with Crippen LogP contribution in [0.3, 0.4) is 0 Å². The molecular weight excluding hydrogens is 352 g/mol. The summed E-state index contributed by atoms with van der Waals surface area (Å²) in [6.07, 6.45) is 5.15. The van der Waals surface area contributed by atoms with Crippen LogP contribution in [-0.2, 0) is 13.0 Å². The number of ether oxygens (including phenoxy) is 2. The fraction of sp³-hybridized carbons (Fsp3) is 0.435. The topological polar surface area (TPSA) is 64.8 Å². The maximum Gasteiger partial charge on any atom is 0.254 e. The van der Waals surface area contributed by atoms with E-state index in [4.69, 9.17) is 15.2 Å². The zero-order valence-corrected chi connectivity index (χ0v) is 16.8. The number of hydrogen-bond donors (Lipinski definition) is 1. The first-order valence-electron chi connectivity index (χ1n) is 9.97. The molecule has 2 aromatic rings. The lowest BCUT2D eigenvalue weighted by molar-refractivity contribution is 0.0602. The number of amides is 1. The minimum absolute atomic E-state index is 0.126. The molecule has 150 valence electrons. The van der Waals surface area contributed by atoms with Gasteiger partial charge in [0, 0.05) is 24.7 Å². The van der Waals surface area contributed by atoms with Gasteiger partial charge in [0.05, 0.1) is 14.2 Å². The Morgan fingerprint density at radius 1 is 1.04 bits per heavy atom. The smallest absolute Gasteiger partial charge is 0.254 e. The van der Waals surface area contributed by atoms with Gasteiger partial charge in [-0.25, -0.2) is 0 Å². The monoisotopic (exact) mass is 382 g/mol. The number of likely N-dealkylation sites (tertiary alicyclic amines) is 1. The minimum atomic E-state index is 0.126. The Bertz CT molecular complexity index is 789. The molecule has 0 radical (unpaired) electrons. The molecule has 3 rings (SSSR count). The highest BCUT2D eigenvalue weighted by atomic mass is 16.5. The van der Waals surface area contributed by atoms with Crippen molar-refractivity contribution in [1.29, 1.82) is 0 Å². The number of benzene rings is 2. The van der Waals surface area contributed by atoms with Crippen molar-refractivity contribution in [2.45, 2.75) is 44.7 Å². The lowest BCUT2D eigenvalue weighted by Crippen LogP contribution is -2.44. The molecule has 28 heavy (non-hydrogen) atoms. The summed E-state index contributed by atoms with van der Waals surface area (Å²) in [5, 5.41) is 0. The third kappa shape index (κ3) is 4.65. The summed E-state index contributed by atoms with van der Waals surface area (Å²) in [6, 6.07) is 14.0. The molecule has 5 heteroatoms. The fourth-order valence-electron chi connectivity index (χ4n) is 3.89. The standard InChI is InChI=1S/C23H30N2O3/c1-27-21-13-9-17(15-22(21)28-2)8-12-20-5-3-4-14-25(20)23(26)19-10-6-18(16-24)7-11-19/h6-7,9-11,13,15,20H,3-5,8,12,14,16,24H2,1-2H3. The van der Waals surface area contributed by atoms with Crippen LogP contribution in [-0.4, -0.2) is 37.6 Å². The summed E-state index contributed by atoms with van der Waals surface area (Å²) >= 11 is 0. The number of carbonyl (C=O) groups is 1. The third-order valence-corrected chi connectivity index (χ3v) is 5.54. The lowest BCUT2D eigenvalue weighted by atomic mass is 9.94. The average Bonchev–Trinajstić information content (AvgIpc) is 2.77. The predicted octanol–water partition coefficient (Wildman–Crippen LogP) is 3.79. The van der Waals surface area contributed by atoms with Crippen molar-refractivity contribution in [2.24, 2.45) is 5.73 Å². The summed E-state index contributed by atoms with van der Waals surface area (Å²) in [5.41, 5.74) is 8.65. The van der Waals surface area contributed by atoms with Gasteiger partial charge in [0.15, 0.2) is 11.5 Å². The van der Waals surface area contributed by atoms with Crippen molar-refractivity contribution < 1.29 is 14.3 Å². The molecule has 0 aromatic heterocycles. The third-order valence-electron chi connectivity index (χ3n) is 5.54. The molecule has 1 heterocycles. The van der Waals surface area contributed by atoms with Crippen LogP contribution in [0.15, 0.2) is 42.5 Å². The number of aryl methyl sites for hydroxylation is 1.